The van der Waals surface area contributed by atoms with Crippen molar-refractivity contribution in [1.29, 1.82) is 0 Å². The molecule has 0 aromatic heterocycles. The maximum Gasteiger partial charge on any atom is 0.308 e. The summed E-state index contributed by atoms with van der Waals surface area (Å²) in [5.41, 5.74) is 0. The molecule has 0 N–H and O–H groups in total. The number of hydrogen-bond donors (Lipinski definition) is 0. The van der Waals surface area contributed by atoms with Crippen LogP contribution in [0.25, 0.3) is 0 Å². The second-order valence-corrected chi connectivity index (χ2v) is 6.26. The highest BCUT2D eigenvalue weighted by molar-refractivity contribution is 5.91. The molecule has 1 heterocycles. The number of ether oxygens (including phenoxy) is 2. The van der Waals surface area contributed by atoms with Crippen molar-refractivity contribution in [2.45, 2.75) is 51.2 Å². The predicted octanol–water partition coefficient (Wildman–Crippen LogP) is 1.93. The zero-order chi connectivity index (χ0) is 16.7. The lowest BCUT2D eigenvalue weighted by Crippen LogP contribution is -2.41. The van der Waals surface area contributed by atoms with E-state index >= 15 is 0 Å². The number of methoxy groups -OCH3 is 2. The number of esters is 1. The molecule has 0 bridgehead atoms. The first-order chi connectivity index (χ1) is 11.2. The Morgan fingerprint density at radius 2 is 1.96 bits per heavy atom. The Labute approximate surface area is 139 Å². The van der Waals surface area contributed by atoms with Crippen LogP contribution in [-0.4, -0.2) is 68.9 Å². The van der Waals surface area contributed by atoms with Crippen molar-refractivity contribution in [3.63, 3.8) is 0 Å². The number of likely N-dealkylation sites (tertiary alicyclic amines) is 1. The molecule has 2 aliphatic rings. The van der Waals surface area contributed by atoms with Gasteiger partial charge in [0.25, 0.3) is 0 Å². The SMILES string of the molecule is CC/C=N\C(CN1CCC(C(=O)OC)CC1)=N/[C@H]1CCC1OC. The molecule has 0 amide bonds. The summed E-state index contributed by atoms with van der Waals surface area (Å²) in [4.78, 5) is 23.3. The molecular formula is C17H29N3O3. The minimum Gasteiger partial charge on any atom is -0.469 e. The molecule has 2 atom stereocenters. The Bertz CT molecular complexity index is 440. The first-order valence-corrected chi connectivity index (χ1v) is 8.60. The van der Waals surface area contributed by atoms with Crippen molar-refractivity contribution in [2.75, 3.05) is 33.9 Å². The average Bonchev–Trinajstić information content (AvgIpc) is 2.56. The summed E-state index contributed by atoms with van der Waals surface area (Å²) in [6, 6.07) is 0.247. The molecule has 1 aliphatic carbocycles. The number of amidine groups is 1. The lowest BCUT2D eigenvalue weighted by atomic mass is 9.89. The van der Waals surface area contributed by atoms with Gasteiger partial charge in [-0.2, -0.15) is 0 Å². The van der Waals surface area contributed by atoms with Crippen LogP contribution in [-0.2, 0) is 14.3 Å². The molecule has 130 valence electrons. The van der Waals surface area contributed by atoms with Crippen molar-refractivity contribution >= 4 is 18.0 Å². The van der Waals surface area contributed by atoms with Crippen molar-refractivity contribution in [3.8, 4) is 0 Å². The number of hydrogen-bond acceptors (Lipinski definition) is 5. The third-order valence-corrected chi connectivity index (χ3v) is 4.70. The van der Waals surface area contributed by atoms with E-state index in [0.717, 1.165) is 57.6 Å². The maximum atomic E-state index is 11.6. The molecule has 1 saturated heterocycles. The van der Waals surface area contributed by atoms with Crippen LogP contribution in [0.15, 0.2) is 9.98 Å². The van der Waals surface area contributed by atoms with Gasteiger partial charge in [0, 0.05) is 13.3 Å². The number of piperidine rings is 1. The molecule has 1 unspecified atom stereocenters. The van der Waals surface area contributed by atoms with Gasteiger partial charge in [-0.25, -0.2) is 4.99 Å². The van der Waals surface area contributed by atoms with Gasteiger partial charge in [-0.1, -0.05) is 6.92 Å². The molecule has 1 aliphatic heterocycles. The van der Waals surface area contributed by atoms with E-state index in [1.165, 1.54) is 7.11 Å². The van der Waals surface area contributed by atoms with Crippen LogP contribution < -0.4 is 0 Å². The molecule has 2 rings (SSSR count). The van der Waals surface area contributed by atoms with E-state index in [2.05, 4.69) is 16.8 Å². The van der Waals surface area contributed by atoms with Crippen LogP contribution in [0.5, 0.6) is 0 Å². The van der Waals surface area contributed by atoms with Gasteiger partial charge in [0.2, 0.25) is 0 Å². The third kappa shape index (κ3) is 5.11. The molecule has 0 spiro atoms. The molecule has 2 fully saturated rings. The fourth-order valence-corrected chi connectivity index (χ4v) is 3.07. The number of nitrogens with zero attached hydrogens (tertiary/aromatic N) is 3. The quantitative estimate of drug-likeness (QED) is 0.426. The first-order valence-electron chi connectivity index (χ1n) is 8.60. The Morgan fingerprint density at radius 3 is 2.48 bits per heavy atom. The van der Waals surface area contributed by atoms with E-state index in [1.807, 2.05) is 6.21 Å². The highest BCUT2D eigenvalue weighted by Crippen LogP contribution is 2.26. The van der Waals surface area contributed by atoms with Gasteiger partial charge < -0.3 is 9.47 Å². The number of aliphatic imine (C=N–C) groups is 2. The average molecular weight is 323 g/mol. The standard InChI is InChI=1S/C17H29N3O3/c1-4-9-18-16(19-14-5-6-15(14)22-2)12-20-10-7-13(8-11-20)17(21)23-3/h9,13-15H,4-8,10-12H2,1-3H3/b18-9-,19-16-/t14-,15?/m0/s1. The number of carbonyl (C=O) groups excluding carboxylic acids is 1. The van der Waals surface area contributed by atoms with Crippen LogP contribution in [0, 0.1) is 5.92 Å². The lowest BCUT2D eigenvalue weighted by molar-refractivity contribution is -0.146. The summed E-state index contributed by atoms with van der Waals surface area (Å²) in [5, 5.41) is 0. The highest BCUT2D eigenvalue weighted by atomic mass is 16.5. The Kier molecular flexibility index (Phi) is 7.17. The predicted molar refractivity (Wildman–Crippen MR) is 91.2 cm³/mol. The van der Waals surface area contributed by atoms with Gasteiger partial charge in [0.1, 0.15) is 5.84 Å². The van der Waals surface area contributed by atoms with Crippen molar-refractivity contribution in [3.05, 3.63) is 0 Å². The Balaban J connectivity index is 1.90. The van der Waals surface area contributed by atoms with Gasteiger partial charge in [-0.15, -0.1) is 0 Å². The molecule has 0 aromatic carbocycles. The first kappa shape index (κ1) is 18.1. The van der Waals surface area contributed by atoms with Gasteiger partial charge in [-0.3, -0.25) is 14.7 Å². The number of carbonyl (C=O) groups is 1. The van der Waals surface area contributed by atoms with Crippen LogP contribution in [0.3, 0.4) is 0 Å². The second-order valence-electron chi connectivity index (χ2n) is 6.26. The fraction of sp³-hybridized carbons (Fsp3) is 0.824. The molecule has 6 heteroatoms. The summed E-state index contributed by atoms with van der Waals surface area (Å²) < 4.78 is 10.3. The zero-order valence-electron chi connectivity index (χ0n) is 14.5. The number of rotatable bonds is 6. The van der Waals surface area contributed by atoms with Crippen LogP contribution >= 0.6 is 0 Å². The summed E-state index contributed by atoms with van der Waals surface area (Å²) in [6.07, 6.45) is 6.92. The molecule has 6 nitrogen and oxygen atoms in total. The smallest absolute Gasteiger partial charge is 0.308 e. The van der Waals surface area contributed by atoms with Crippen molar-refractivity contribution in [2.24, 2.45) is 15.9 Å². The van der Waals surface area contributed by atoms with E-state index in [0.29, 0.717) is 0 Å². The van der Waals surface area contributed by atoms with Crippen molar-refractivity contribution in [1.82, 2.24) is 4.90 Å². The van der Waals surface area contributed by atoms with Crippen molar-refractivity contribution < 1.29 is 14.3 Å². The summed E-state index contributed by atoms with van der Waals surface area (Å²) in [7, 11) is 3.21. The molecular weight excluding hydrogens is 294 g/mol. The monoisotopic (exact) mass is 323 g/mol. The molecule has 0 aromatic rings. The fourth-order valence-electron chi connectivity index (χ4n) is 3.07. The highest BCUT2D eigenvalue weighted by Gasteiger charge is 2.31. The second kappa shape index (κ2) is 9.13. The van der Waals surface area contributed by atoms with Crippen LogP contribution in [0.2, 0.25) is 0 Å². The van der Waals surface area contributed by atoms with E-state index in [9.17, 15) is 4.79 Å². The van der Waals surface area contributed by atoms with Gasteiger partial charge in [0.05, 0.1) is 31.7 Å². The maximum absolute atomic E-state index is 11.6. The minimum atomic E-state index is -0.0834. The summed E-state index contributed by atoms with van der Waals surface area (Å²) >= 11 is 0. The van der Waals surface area contributed by atoms with Gasteiger partial charge in [0.15, 0.2) is 0 Å². The third-order valence-electron chi connectivity index (χ3n) is 4.70. The molecule has 23 heavy (non-hydrogen) atoms. The van der Waals surface area contributed by atoms with Crippen LogP contribution in [0.4, 0.5) is 0 Å². The minimum absolute atomic E-state index is 0.0419. The molecule has 1 saturated carbocycles. The van der Waals surface area contributed by atoms with E-state index in [4.69, 9.17) is 14.5 Å². The van der Waals surface area contributed by atoms with E-state index in [1.54, 1.807) is 7.11 Å². The van der Waals surface area contributed by atoms with Gasteiger partial charge in [-0.05, 0) is 45.2 Å². The Morgan fingerprint density at radius 1 is 1.22 bits per heavy atom. The lowest BCUT2D eigenvalue weighted by Gasteiger charge is -2.33. The Hall–Kier alpha value is -1.27. The van der Waals surface area contributed by atoms with E-state index in [-0.39, 0.29) is 24.0 Å². The zero-order valence-corrected chi connectivity index (χ0v) is 14.5. The largest absolute Gasteiger partial charge is 0.469 e. The topological polar surface area (TPSA) is 63.5 Å². The van der Waals surface area contributed by atoms with Crippen LogP contribution in [0.1, 0.15) is 39.0 Å². The van der Waals surface area contributed by atoms with E-state index < -0.39 is 0 Å². The summed E-state index contributed by atoms with van der Waals surface area (Å²) in [5.74, 6) is 0.843. The molecule has 0 radical (unpaired) electrons. The summed E-state index contributed by atoms with van der Waals surface area (Å²) in [6.45, 7) is 4.60. The normalized spacial score (nSPS) is 27.2. The van der Waals surface area contributed by atoms with Gasteiger partial charge >= 0.3 is 5.97 Å².